The summed E-state index contributed by atoms with van der Waals surface area (Å²) in [6, 6.07) is 11.3. The van der Waals surface area contributed by atoms with Crippen LogP contribution in [0.15, 0.2) is 42.6 Å². The maximum Gasteiger partial charge on any atom is 0.339 e. The molecule has 0 bridgehead atoms. The molecule has 0 aliphatic rings. The quantitative estimate of drug-likeness (QED) is 0.619. The minimum absolute atomic E-state index is 0.331. The van der Waals surface area contributed by atoms with Crippen LogP contribution in [0.2, 0.25) is 0 Å². The van der Waals surface area contributed by atoms with Crippen LogP contribution < -0.4 is 5.32 Å². The van der Waals surface area contributed by atoms with Crippen molar-refractivity contribution in [1.82, 2.24) is 20.1 Å². The summed E-state index contributed by atoms with van der Waals surface area (Å²) in [6.07, 6.45) is 2.38. The van der Waals surface area contributed by atoms with Gasteiger partial charge in [0, 0.05) is 17.6 Å². The number of amides is 1. The fourth-order valence-electron chi connectivity index (χ4n) is 2.92. The smallest absolute Gasteiger partial charge is 0.339 e. The van der Waals surface area contributed by atoms with Crippen LogP contribution in [0, 0.1) is 0 Å². The highest BCUT2D eigenvalue weighted by Gasteiger charge is 2.21. The van der Waals surface area contributed by atoms with Gasteiger partial charge in [-0.3, -0.25) is 4.79 Å². The molecule has 152 valence electrons. The van der Waals surface area contributed by atoms with Crippen LogP contribution in [0.5, 0.6) is 0 Å². The second-order valence-electron chi connectivity index (χ2n) is 7.48. The highest BCUT2D eigenvalue weighted by atomic mass is 16.5. The lowest BCUT2D eigenvalue weighted by Crippen LogP contribution is -2.44. The Bertz CT molecular complexity index is 1030. The third kappa shape index (κ3) is 4.62. The fraction of sp³-hybridized carbons (Fsp3) is 0.364. The average Bonchev–Trinajstić information content (AvgIpc) is 3.14. The number of hydrogen-bond donors (Lipinski definition) is 1. The van der Waals surface area contributed by atoms with Gasteiger partial charge in [-0.15, -0.1) is 0 Å². The van der Waals surface area contributed by atoms with E-state index in [9.17, 15) is 9.59 Å². The number of nitrogens with one attached hydrogen (secondary N) is 1. The molecule has 3 rings (SSSR count). The van der Waals surface area contributed by atoms with E-state index in [2.05, 4.69) is 15.4 Å². The van der Waals surface area contributed by atoms with Gasteiger partial charge in [-0.1, -0.05) is 37.3 Å². The molecule has 7 nitrogen and oxygen atoms in total. The molecule has 0 unspecified atom stereocenters. The molecule has 0 radical (unpaired) electrons. The number of ether oxygens (including phenoxy) is 1. The van der Waals surface area contributed by atoms with Gasteiger partial charge in [-0.25, -0.2) is 14.5 Å². The predicted octanol–water partition coefficient (Wildman–Crippen LogP) is 3.58. The van der Waals surface area contributed by atoms with Crippen LogP contribution in [0.1, 0.15) is 44.5 Å². The molecule has 29 heavy (non-hydrogen) atoms. The summed E-state index contributed by atoms with van der Waals surface area (Å²) < 4.78 is 7.04. The number of rotatable bonds is 7. The zero-order valence-electron chi connectivity index (χ0n) is 17.2. The second kappa shape index (κ2) is 8.43. The first-order chi connectivity index (χ1) is 13.8. The molecule has 0 aliphatic carbocycles. The zero-order valence-corrected chi connectivity index (χ0v) is 17.2. The number of pyridine rings is 1. The van der Waals surface area contributed by atoms with Crippen LogP contribution >= 0.6 is 0 Å². The second-order valence-corrected chi connectivity index (χ2v) is 7.48. The number of esters is 1. The lowest BCUT2D eigenvalue weighted by atomic mass is 10.0. The third-order valence-electron chi connectivity index (χ3n) is 4.89. The molecular weight excluding hydrogens is 368 g/mol. The molecule has 0 saturated heterocycles. The zero-order chi connectivity index (χ0) is 21.0. The number of aryl methyl sites for hydroxylation is 1. The summed E-state index contributed by atoms with van der Waals surface area (Å²) in [5, 5.41) is 7.77. The number of carbonyl (C=O) groups is 2. The normalized spacial score (nSPS) is 11.4. The van der Waals surface area contributed by atoms with Gasteiger partial charge in [-0.2, -0.15) is 5.10 Å². The molecule has 7 heteroatoms. The Morgan fingerprint density at radius 3 is 2.55 bits per heavy atom. The Labute approximate surface area is 170 Å². The van der Waals surface area contributed by atoms with E-state index in [-0.39, 0.29) is 18.1 Å². The van der Waals surface area contributed by atoms with Gasteiger partial charge in [0.15, 0.2) is 12.3 Å². The molecular formula is C22H26N4O3. The van der Waals surface area contributed by atoms with Crippen molar-refractivity contribution in [2.75, 3.05) is 6.61 Å². The van der Waals surface area contributed by atoms with Gasteiger partial charge in [0.1, 0.15) is 0 Å². The van der Waals surface area contributed by atoms with Crippen LogP contribution in [0.25, 0.3) is 22.3 Å². The van der Waals surface area contributed by atoms with Crippen molar-refractivity contribution in [2.45, 2.75) is 46.2 Å². The van der Waals surface area contributed by atoms with Gasteiger partial charge in [0.2, 0.25) is 0 Å². The summed E-state index contributed by atoms with van der Waals surface area (Å²) in [5.74, 6) is -0.905. The van der Waals surface area contributed by atoms with Crippen molar-refractivity contribution in [3.63, 3.8) is 0 Å². The molecule has 1 N–H and O–H groups in total. The maximum atomic E-state index is 12.8. The summed E-state index contributed by atoms with van der Waals surface area (Å²) in [5.41, 5.74) is 2.14. The van der Waals surface area contributed by atoms with Gasteiger partial charge in [0.05, 0.1) is 22.8 Å². The SMILES string of the molecule is CCn1ncc2c(C(=O)OCC(=O)NC(C)(C)CC)cc(-c3ccccc3)nc21. The fourth-order valence-corrected chi connectivity index (χ4v) is 2.92. The summed E-state index contributed by atoms with van der Waals surface area (Å²) in [6.45, 7) is 8.07. The topological polar surface area (TPSA) is 86.1 Å². The number of benzene rings is 1. The van der Waals surface area contributed by atoms with Crippen LogP contribution in [-0.2, 0) is 16.1 Å². The van der Waals surface area contributed by atoms with E-state index < -0.39 is 5.97 Å². The molecule has 2 heterocycles. The number of nitrogens with zero attached hydrogens (tertiary/aromatic N) is 3. The largest absolute Gasteiger partial charge is 0.452 e. The molecule has 1 amide bonds. The predicted molar refractivity (Wildman–Crippen MR) is 111 cm³/mol. The maximum absolute atomic E-state index is 12.8. The first-order valence-corrected chi connectivity index (χ1v) is 9.74. The van der Waals surface area contributed by atoms with Crippen molar-refractivity contribution in [2.24, 2.45) is 0 Å². The Morgan fingerprint density at radius 1 is 1.17 bits per heavy atom. The Hall–Kier alpha value is -3.22. The summed E-state index contributed by atoms with van der Waals surface area (Å²) in [7, 11) is 0. The van der Waals surface area contributed by atoms with Gasteiger partial charge in [0.25, 0.3) is 5.91 Å². The molecule has 1 aromatic carbocycles. The third-order valence-corrected chi connectivity index (χ3v) is 4.89. The van der Waals surface area contributed by atoms with Crippen molar-refractivity contribution >= 4 is 22.9 Å². The van der Waals surface area contributed by atoms with Gasteiger partial charge in [-0.05, 0) is 33.3 Å². The van der Waals surface area contributed by atoms with Crippen molar-refractivity contribution in [3.05, 3.63) is 48.2 Å². The lowest BCUT2D eigenvalue weighted by molar-refractivity contribution is -0.125. The van der Waals surface area contributed by atoms with E-state index >= 15 is 0 Å². The molecule has 0 saturated carbocycles. The van der Waals surface area contributed by atoms with E-state index in [0.29, 0.717) is 28.8 Å². The number of carbonyl (C=O) groups excluding carboxylic acids is 2. The van der Waals surface area contributed by atoms with Gasteiger partial charge < -0.3 is 10.1 Å². The molecule has 0 atom stereocenters. The number of hydrogen-bond acceptors (Lipinski definition) is 5. The Morgan fingerprint density at radius 2 is 1.90 bits per heavy atom. The van der Waals surface area contributed by atoms with E-state index in [1.54, 1.807) is 16.9 Å². The standard InChI is InChI=1S/C22H26N4O3/c1-5-22(3,4)25-19(27)14-29-21(28)16-12-18(15-10-8-7-9-11-15)24-20-17(16)13-23-26(20)6-2/h7-13H,5-6,14H2,1-4H3,(H,25,27). The monoisotopic (exact) mass is 394 g/mol. The summed E-state index contributed by atoms with van der Waals surface area (Å²) >= 11 is 0. The molecule has 3 aromatic rings. The van der Waals surface area contributed by atoms with Crippen molar-refractivity contribution in [1.29, 1.82) is 0 Å². The average molecular weight is 394 g/mol. The van der Waals surface area contributed by atoms with Crippen molar-refractivity contribution in [3.8, 4) is 11.3 Å². The Balaban J connectivity index is 1.90. The van der Waals surface area contributed by atoms with E-state index in [0.717, 1.165) is 12.0 Å². The molecule has 0 aliphatic heterocycles. The van der Waals surface area contributed by atoms with E-state index in [1.165, 1.54) is 0 Å². The minimum atomic E-state index is -0.574. The minimum Gasteiger partial charge on any atom is -0.452 e. The van der Waals surface area contributed by atoms with Crippen LogP contribution in [0.4, 0.5) is 0 Å². The van der Waals surface area contributed by atoms with Gasteiger partial charge >= 0.3 is 5.97 Å². The molecule has 0 spiro atoms. The van der Waals surface area contributed by atoms with E-state index in [4.69, 9.17) is 4.74 Å². The lowest BCUT2D eigenvalue weighted by Gasteiger charge is -2.24. The van der Waals surface area contributed by atoms with E-state index in [1.807, 2.05) is 58.0 Å². The van der Waals surface area contributed by atoms with Crippen molar-refractivity contribution < 1.29 is 14.3 Å². The summed E-state index contributed by atoms with van der Waals surface area (Å²) in [4.78, 5) is 29.6. The first-order valence-electron chi connectivity index (χ1n) is 9.74. The van der Waals surface area contributed by atoms with Crippen LogP contribution in [0.3, 0.4) is 0 Å². The van der Waals surface area contributed by atoms with Crippen LogP contribution in [-0.4, -0.2) is 38.8 Å². The molecule has 2 aromatic heterocycles. The first kappa shape index (κ1) is 20.5. The highest BCUT2D eigenvalue weighted by molar-refractivity contribution is 6.04. The number of aromatic nitrogens is 3. The number of fused-ring (bicyclic) bond motifs is 1. The Kier molecular flexibility index (Phi) is 5.96. The highest BCUT2D eigenvalue weighted by Crippen LogP contribution is 2.25. The molecule has 0 fully saturated rings.